The van der Waals surface area contributed by atoms with Gasteiger partial charge in [0.2, 0.25) is 0 Å². The first-order valence-electron chi connectivity index (χ1n) is 10.9. The SMILES string of the molecule is Cc1ccc(NC(=S)Nc2c(C)nn(Cc3cccc(Oc4ccccc4)c3)c2C)cc1C. The molecule has 0 amide bonds. The van der Waals surface area contributed by atoms with E-state index < -0.39 is 0 Å². The number of nitrogens with zero attached hydrogens (tertiary/aromatic N) is 2. The zero-order valence-corrected chi connectivity index (χ0v) is 20.2. The Morgan fingerprint density at radius 1 is 0.848 bits per heavy atom. The average Bonchev–Trinajstić information content (AvgIpc) is 3.04. The van der Waals surface area contributed by atoms with E-state index in [0.717, 1.165) is 39.8 Å². The Hall–Kier alpha value is -3.64. The number of anilines is 2. The molecule has 3 aromatic carbocycles. The predicted molar refractivity (Wildman–Crippen MR) is 140 cm³/mol. The van der Waals surface area contributed by atoms with Crippen molar-refractivity contribution in [1.82, 2.24) is 9.78 Å². The summed E-state index contributed by atoms with van der Waals surface area (Å²) in [6, 6.07) is 24.1. The Labute approximate surface area is 200 Å². The lowest BCUT2D eigenvalue weighted by atomic mass is 10.1. The summed E-state index contributed by atoms with van der Waals surface area (Å²) in [5.74, 6) is 1.62. The topological polar surface area (TPSA) is 51.1 Å². The van der Waals surface area contributed by atoms with E-state index in [-0.39, 0.29) is 0 Å². The lowest BCUT2D eigenvalue weighted by molar-refractivity contribution is 0.481. The molecular weight excluding hydrogens is 428 g/mol. The van der Waals surface area contributed by atoms with Crippen LogP contribution >= 0.6 is 12.2 Å². The minimum absolute atomic E-state index is 0.544. The summed E-state index contributed by atoms with van der Waals surface area (Å²) in [4.78, 5) is 0. The number of benzene rings is 3. The highest BCUT2D eigenvalue weighted by atomic mass is 32.1. The molecule has 0 aliphatic carbocycles. The number of aryl methyl sites for hydroxylation is 3. The molecule has 4 rings (SSSR count). The fourth-order valence-electron chi connectivity index (χ4n) is 3.63. The molecule has 1 heterocycles. The molecule has 0 aliphatic rings. The fourth-order valence-corrected chi connectivity index (χ4v) is 3.85. The third kappa shape index (κ3) is 5.59. The highest BCUT2D eigenvalue weighted by Crippen LogP contribution is 2.25. The molecule has 0 unspecified atom stereocenters. The third-order valence-corrected chi connectivity index (χ3v) is 5.80. The van der Waals surface area contributed by atoms with Gasteiger partial charge < -0.3 is 15.4 Å². The second kappa shape index (κ2) is 9.88. The Kier molecular flexibility index (Phi) is 6.75. The van der Waals surface area contributed by atoms with E-state index in [4.69, 9.17) is 22.1 Å². The number of hydrogen-bond acceptors (Lipinski definition) is 3. The van der Waals surface area contributed by atoms with Gasteiger partial charge in [-0.15, -0.1) is 0 Å². The van der Waals surface area contributed by atoms with Crippen LogP contribution in [0.4, 0.5) is 11.4 Å². The van der Waals surface area contributed by atoms with Gasteiger partial charge in [-0.25, -0.2) is 0 Å². The van der Waals surface area contributed by atoms with E-state index in [9.17, 15) is 0 Å². The van der Waals surface area contributed by atoms with Crippen molar-refractivity contribution in [3.8, 4) is 11.5 Å². The van der Waals surface area contributed by atoms with E-state index in [0.29, 0.717) is 11.7 Å². The summed E-state index contributed by atoms with van der Waals surface area (Å²) in [5.41, 5.74) is 7.39. The van der Waals surface area contributed by atoms with E-state index >= 15 is 0 Å². The van der Waals surface area contributed by atoms with Crippen molar-refractivity contribution in [3.05, 3.63) is 101 Å². The molecule has 0 saturated carbocycles. The van der Waals surface area contributed by atoms with Crippen LogP contribution in [0.5, 0.6) is 11.5 Å². The van der Waals surface area contributed by atoms with Crippen molar-refractivity contribution in [2.24, 2.45) is 0 Å². The van der Waals surface area contributed by atoms with Crippen molar-refractivity contribution in [2.75, 3.05) is 10.6 Å². The quantitative estimate of drug-likeness (QED) is 0.314. The van der Waals surface area contributed by atoms with Crippen LogP contribution in [0, 0.1) is 27.7 Å². The first-order chi connectivity index (χ1) is 15.9. The van der Waals surface area contributed by atoms with Crippen molar-refractivity contribution < 1.29 is 4.74 Å². The van der Waals surface area contributed by atoms with Crippen molar-refractivity contribution in [3.63, 3.8) is 0 Å². The molecule has 2 N–H and O–H groups in total. The number of rotatable bonds is 6. The molecular formula is C27H28N4OS. The van der Waals surface area contributed by atoms with Gasteiger partial charge >= 0.3 is 0 Å². The highest BCUT2D eigenvalue weighted by molar-refractivity contribution is 7.80. The van der Waals surface area contributed by atoms with E-state index in [1.807, 2.05) is 73.1 Å². The zero-order chi connectivity index (χ0) is 23.4. The van der Waals surface area contributed by atoms with Crippen LogP contribution in [-0.2, 0) is 6.54 Å². The second-order valence-electron chi connectivity index (χ2n) is 8.14. The molecule has 0 bridgehead atoms. The molecule has 5 nitrogen and oxygen atoms in total. The number of thiocarbonyl (C=S) groups is 1. The first kappa shape index (κ1) is 22.6. The third-order valence-electron chi connectivity index (χ3n) is 5.59. The van der Waals surface area contributed by atoms with Gasteiger partial charge in [0.1, 0.15) is 11.5 Å². The summed E-state index contributed by atoms with van der Waals surface area (Å²) in [6.45, 7) is 8.86. The van der Waals surface area contributed by atoms with Crippen LogP contribution < -0.4 is 15.4 Å². The van der Waals surface area contributed by atoms with Gasteiger partial charge in [-0.05, 0) is 93.0 Å². The number of para-hydroxylation sites is 1. The Morgan fingerprint density at radius 2 is 1.61 bits per heavy atom. The molecule has 4 aromatic rings. The molecule has 0 fully saturated rings. The van der Waals surface area contributed by atoms with E-state index in [2.05, 4.69) is 42.7 Å². The maximum absolute atomic E-state index is 5.97. The molecule has 0 spiro atoms. The largest absolute Gasteiger partial charge is 0.457 e. The van der Waals surface area contributed by atoms with Crippen molar-refractivity contribution in [1.29, 1.82) is 0 Å². The molecule has 1 aromatic heterocycles. The van der Waals surface area contributed by atoms with Crippen LogP contribution in [0.2, 0.25) is 0 Å². The first-order valence-corrected chi connectivity index (χ1v) is 11.3. The maximum atomic E-state index is 5.97. The number of ether oxygens (including phenoxy) is 1. The lowest BCUT2D eigenvalue weighted by Crippen LogP contribution is -2.20. The predicted octanol–water partition coefficient (Wildman–Crippen LogP) is 6.77. The lowest BCUT2D eigenvalue weighted by Gasteiger charge is -2.12. The smallest absolute Gasteiger partial charge is 0.175 e. The van der Waals surface area contributed by atoms with Gasteiger partial charge in [0.15, 0.2) is 5.11 Å². The van der Waals surface area contributed by atoms with Gasteiger partial charge in [0, 0.05) is 5.69 Å². The van der Waals surface area contributed by atoms with Crippen LogP contribution in [0.1, 0.15) is 28.1 Å². The Balaban J connectivity index is 1.45. The molecule has 0 aliphatic heterocycles. The minimum atomic E-state index is 0.544. The number of aromatic nitrogens is 2. The summed E-state index contributed by atoms with van der Waals surface area (Å²) in [5, 5.41) is 11.9. The number of hydrogen-bond donors (Lipinski definition) is 2. The van der Waals surface area contributed by atoms with E-state index in [1.54, 1.807) is 0 Å². The Bertz CT molecular complexity index is 1280. The van der Waals surface area contributed by atoms with Gasteiger partial charge in [-0.1, -0.05) is 36.4 Å². The monoisotopic (exact) mass is 456 g/mol. The van der Waals surface area contributed by atoms with Crippen LogP contribution in [-0.4, -0.2) is 14.9 Å². The maximum Gasteiger partial charge on any atom is 0.175 e. The second-order valence-corrected chi connectivity index (χ2v) is 8.55. The van der Waals surface area contributed by atoms with Crippen molar-refractivity contribution in [2.45, 2.75) is 34.2 Å². The molecule has 33 heavy (non-hydrogen) atoms. The van der Waals surface area contributed by atoms with Gasteiger partial charge in [0.25, 0.3) is 0 Å². The van der Waals surface area contributed by atoms with Gasteiger partial charge in [-0.3, -0.25) is 4.68 Å². The van der Waals surface area contributed by atoms with Gasteiger partial charge in [0.05, 0.1) is 23.6 Å². The van der Waals surface area contributed by atoms with Crippen LogP contribution in [0.3, 0.4) is 0 Å². The highest BCUT2D eigenvalue weighted by Gasteiger charge is 2.14. The summed E-state index contributed by atoms with van der Waals surface area (Å²) in [7, 11) is 0. The number of nitrogens with one attached hydrogen (secondary N) is 2. The molecule has 168 valence electrons. The minimum Gasteiger partial charge on any atom is -0.457 e. The standard InChI is InChI=1S/C27H28N4OS/c1-18-13-14-23(15-19(18)2)28-27(33)29-26-20(3)30-31(21(26)4)17-22-9-8-12-25(16-22)32-24-10-6-5-7-11-24/h5-16H,17H2,1-4H3,(H2,28,29,33). The average molecular weight is 457 g/mol. The van der Waals surface area contributed by atoms with Crippen LogP contribution in [0.25, 0.3) is 0 Å². The molecule has 0 atom stereocenters. The fraction of sp³-hybridized carbons (Fsp3) is 0.185. The Morgan fingerprint density at radius 3 is 2.36 bits per heavy atom. The van der Waals surface area contributed by atoms with Crippen LogP contribution in [0.15, 0.2) is 72.8 Å². The summed E-state index contributed by atoms with van der Waals surface area (Å²) >= 11 is 5.56. The normalized spacial score (nSPS) is 10.7. The van der Waals surface area contributed by atoms with Gasteiger partial charge in [-0.2, -0.15) is 5.10 Å². The zero-order valence-electron chi connectivity index (χ0n) is 19.3. The van der Waals surface area contributed by atoms with E-state index in [1.165, 1.54) is 11.1 Å². The van der Waals surface area contributed by atoms with Crippen molar-refractivity contribution >= 4 is 28.7 Å². The summed E-state index contributed by atoms with van der Waals surface area (Å²) in [6.07, 6.45) is 0. The summed E-state index contributed by atoms with van der Waals surface area (Å²) < 4.78 is 7.96. The molecule has 6 heteroatoms. The molecule has 0 saturated heterocycles. The molecule has 0 radical (unpaired) electrons.